The van der Waals surface area contributed by atoms with E-state index in [1.54, 1.807) is 10.8 Å². The van der Waals surface area contributed by atoms with Gasteiger partial charge < -0.3 is 0 Å². The molecular weight excluding hydrogens is 248 g/mol. The van der Waals surface area contributed by atoms with E-state index in [1.165, 1.54) is 6.07 Å². The average Bonchev–Trinajstić information content (AvgIpc) is 2.49. The lowest BCUT2D eigenvalue weighted by atomic mass is 10.1. The van der Waals surface area contributed by atoms with E-state index in [9.17, 15) is 4.79 Å². The van der Waals surface area contributed by atoms with Gasteiger partial charge in [-0.15, -0.1) is 0 Å². The fourth-order valence-corrected chi connectivity index (χ4v) is 2.25. The molecule has 0 aliphatic heterocycles. The number of hydrogen-bond donors (Lipinski definition) is 0. The number of aryl methyl sites for hydroxylation is 1. The molecule has 2 aromatic carbocycles. The molecule has 0 atom stereocenters. The minimum atomic E-state index is -0.0758. The van der Waals surface area contributed by atoms with Gasteiger partial charge in [-0.1, -0.05) is 48.5 Å². The van der Waals surface area contributed by atoms with E-state index in [4.69, 9.17) is 0 Å². The van der Waals surface area contributed by atoms with Crippen LogP contribution in [0.15, 0.2) is 71.7 Å². The highest BCUT2D eigenvalue weighted by Crippen LogP contribution is 2.20. The molecule has 0 saturated heterocycles. The van der Waals surface area contributed by atoms with E-state index in [1.807, 2.05) is 61.5 Å². The van der Waals surface area contributed by atoms with Crippen LogP contribution in [0.3, 0.4) is 0 Å². The first-order valence-corrected chi connectivity index (χ1v) is 6.47. The third kappa shape index (κ3) is 2.14. The van der Waals surface area contributed by atoms with Gasteiger partial charge in [0.2, 0.25) is 0 Å². The van der Waals surface area contributed by atoms with E-state index in [2.05, 4.69) is 4.98 Å². The Morgan fingerprint density at radius 3 is 2.35 bits per heavy atom. The van der Waals surface area contributed by atoms with E-state index >= 15 is 0 Å². The Labute approximate surface area is 117 Å². The van der Waals surface area contributed by atoms with Gasteiger partial charge in [-0.3, -0.25) is 9.36 Å². The molecule has 3 rings (SSSR count). The quantitative estimate of drug-likeness (QED) is 0.710. The Bertz CT molecular complexity index is 791. The zero-order valence-electron chi connectivity index (χ0n) is 11.2. The van der Waals surface area contributed by atoms with Gasteiger partial charge in [0, 0.05) is 17.8 Å². The molecular formula is C17H14N2O. The van der Waals surface area contributed by atoms with Gasteiger partial charge in [-0.05, 0) is 18.6 Å². The topological polar surface area (TPSA) is 34.9 Å². The van der Waals surface area contributed by atoms with Gasteiger partial charge in [-0.2, -0.15) is 0 Å². The molecule has 0 aliphatic rings. The van der Waals surface area contributed by atoms with Gasteiger partial charge >= 0.3 is 0 Å². The maximum atomic E-state index is 12.3. The van der Waals surface area contributed by atoms with Crippen LogP contribution in [0.1, 0.15) is 5.56 Å². The van der Waals surface area contributed by atoms with E-state index < -0.39 is 0 Å². The van der Waals surface area contributed by atoms with Crippen LogP contribution in [0.25, 0.3) is 17.1 Å². The second-order valence-corrected chi connectivity index (χ2v) is 4.59. The number of para-hydroxylation sites is 1. The maximum absolute atomic E-state index is 12.3. The van der Waals surface area contributed by atoms with Crippen LogP contribution < -0.4 is 5.56 Å². The second-order valence-electron chi connectivity index (χ2n) is 4.59. The Hall–Kier alpha value is -2.68. The highest BCUT2D eigenvalue weighted by Gasteiger charge is 2.10. The lowest BCUT2D eigenvalue weighted by molar-refractivity contribution is 0.940. The Kier molecular flexibility index (Phi) is 3.17. The van der Waals surface area contributed by atoms with Crippen molar-refractivity contribution < 1.29 is 0 Å². The number of nitrogens with zero attached hydrogens (tertiary/aromatic N) is 2. The summed E-state index contributed by atoms with van der Waals surface area (Å²) in [6, 6.07) is 19.0. The second kappa shape index (κ2) is 5.13. The van der Waals surface area contributed by atoms with Gasteiger partial charge in [0.15, 0.2) is 0 Å². The standard InChI is InChI=1S/C17H14N2O/c1-13-7-5-6-10-15(13)19-16(20)11-12-18-17(19)14-8-3-2-4-9-14/h2-12H,1H3. The van der Waals surface area contributed by atoms with Crippen molar-refractivity contribution in [3.8, 4) is 17.1 Å². The molecule has 3 nitrogen and oxygen atoms in total. The van der Waals surface area contributed by atoms with Crippen molar-refractivity contribution >= 4 is 0 Å². The third-order valence-corrected chi connectivity index (χ3v) is 3.23. The van der Waals surface area contributed by atoms with Crippen LogP contribution in [0.2, 0.25) is 0 Å². The van der Waals surface area contributed by atoms with E-state index in [0.29, 0.717) is 5.82 Å². The van der Waals surface area contributed by atoms with Gasteiger partial charge in [-0.25, -0.2) is 4.98 Å². The number of hydrogen-bond acceptors (Lipinski definition) is 2. The smallest absolute Gasteiger partial charge is 0.258 e. The summed E-state index contributed by atoms with van der Waals surface area (Å²) < 4.78 is 1.66. The molecule has 0 radical (unpaired) electrons. The number of aromatic nitrogens is 2. The first-order valence-electron chi connectivity index (χ1n) is 6.47. The summed E-state index contributed by atoms with van der Waals surface area (Å²) in [5.41, 5.74) is 2.76. The molecule has 0 bridgehead atoms. The van der Waals surface area contributed by atoms with Crippen LogP contribution in [0.4, 0.5) is 0 Å². The first kappa shape index (κ1) is 12.4. The average molecular weight is 262 g/mol. The number of benzene rings is 2. The summed E-state index contributed by atoms with van der Waals surface area (Å²) in [7, 11) is 0. The zero-order valence-corrected chi connectivity index (χ0v) is 11.2. The zero-order chi connectivity index (χ0) is 13.9. The molecule has 0 spiro atoms. The Morgan fingerprint density at radius 2 is 1.60 bits per heavy atom. The van der Waals surface area contributed by atoms with E-state index in [0.717, 1.165) is 16.8 Å². The summed E-state index contributed by atoms with van der Waals surface area (Å²) in [4.78, 5) is 16.7. The summed E-state index contributed by atoms with van der Waals surface area (Å²) >= 11 is 0. The molecule has 1 heterocycles. The minimum absolute atomic E-state index is 0.0758. The van der Waals surface area contributed by atoms with Crippen LogP contribution in [-0.4, -0.2) is 9.55 Å². The van der Waals surface area contributed by atoms with Crippen LogP contribution in [0, 0.1) is 6.92 Å². The molecule has 3 aromatic rings. The lowest BCUT2D eigenvalue weighted by Crippen LogP contribution is -2.20. The molecule has 0 fully saturated rings. The largest absolute Gasteiger partial charge is 0.269 e. The summed E-state index contributed by atoms with van der Waals surface area (Å²) in [6.07, 6.45) is 1.56. The Balaban J connectivity index is 2.32. The highest BCUT2D eigenvalue weighted by atomic mass is 16.1. The molecule has 1 aromatic heterocycles. The third-order valence-electron chi connectivity index (χ3n) is 3.23. The maximum Gasteiger partial charge on any atom is 0.258 e. The highest BCUT2D eigenvalue weighted by molar-refractivity contribution is 5.59. The molecule has 0 aliphatic carbocycles. The summed E-state index contributed by atoms with van der Waals surface area (Å²) in [5, 5.41) is 0. The molecule has 20 heavy (non-hydrogen) atoms. The normalized spacial score (nSPS) is 10.4. The van der Waals surface area contributed by atoms with Crippen molar-refractivity contribution in [1.29, 1.82) is 0 Å². The van der Waals surface area contributed by atoms with Crippen LogP contribution in [-0.2, 0) is 0 Å². The van der Waals surface area contributed by atoms with Crippen molar-refractivity contribution in [2.45, 2.75) is 6.92 Å². The van der Waals surface area contributed by atoms with Gasteiger partial charge in [0.05, 0.1) is 5.69 Å². The van der Waals surface area contributed by atoms with Crippen LogP contribution >= 0.6 is 0 Å². The number of rotatable bonds is 2. The van der Waals surface area contributed by atoms with Crippen molar-refractivity contribution in [3.63, 3.8) is 0 Å². The molecule has 0 amide bonds. The fraction of sp³-hybridized carbons (Fsp3) is 0.0588. The predicted octanol–water partition coefficient (Wildman–Crippen LogP) is 3.21. The van der Waals surface area contributed by atoms with Crippen molar-refractivity contribution in [1.82, 2.24) is 9.55 Å². The monoisotopic (exact) mass is 262 g/mol. The minimum Gasteiger partial charge on any atom is -0.269 e. The summed E-state index contributed by atoms with van der Waals surface area (Å²) in [6.45, 7) is 1.99. The van der Waals surface area contributed by atoms with Gasteiger partial charge in [0.25, 0.3) is 5.56 Å². The molecule has 0 saturated carbocycles. The van der Waals surface area contributed by atoms with Crippen molar-refractivity contribution in [2.24, 2.45) is 0 Å². The van der Waals surface area contributed by atoms with Crippen LogP contribution in [0.5, 0.6) is 0 Å². The fourth-order valence-electron chi connectivity index (χ4n) is 2.25. The summed E-state index contributed by atoms with van der Waals surface area (Å²) in [5.74, 6) is 0.660. The van der Waals surface area contributed by atoms with Crippen molar-refractivity contribution in [3.05, 3.63) is 82.8 Å². The SMILES string of the molecule is Cc1ccccc1-n1c(-c2ccccc2)nccc1=O. The van der Waals surface area contributed by atoms with Gasteiger partial charge in [0.1, 0.15) is 5.82 Å². The molecule has 0 N–H and O–H groups in total. The van der Waals surface area contributed by atoms with E-state index in [-0.39, 0.29) is 5.56 Å². The predicted molar refractivity (Wildman–Crippen MR) is 80.0 cm³/mol. The van der Waals surface area contributed by atoms with Crippen molar-refractivity contribution in [2.75, 3.05) is 0 Å². The first-order chi connectivity index (χ1) is 9.77. The molecule has 0 unspecified atom stereocenters. The lowest BCUT2D eigenvalue weighted by Gasteiger charge is -2.13. The molecule has 98 valence electrons. The molecule has 3 heteroatoms. The Morgan fingerprint density at radius 1 is 0.900 bits per heavy atom.